The molecule has 2 aromatic carbocycles. The Balaban J connectivity index is 1.69. The van der Waals surface area contributed by atoms with Crippen molar-refractivity contribution in [3.8, 4) is 11.3 Å². The van der Waals surface area contributed by atoms with Crippen LogP contribution in [0.5, 0.6) is 0 Å². The van der Waals surface area contributed by atoms with E-state index in [0.717, 1.165) is 47.4 Å². The summed E-state index contributed by atoms with van der Waals surface area (Å²) < 4.78 is 13.6. The van der Waals surface area contributed by atoms with Crippen molar-refractivity contribution in [1.29, 1.82) is 0 Å². The van der Waals surface area contributed by atoms with E-state index in [-0.39, 0.29) is 5.02 Å². The molecule has 4 rings (SSSR count). The average Bonchev–Trinajstić information content (AvgIpc) is 3.15. The zero-order valence-corrected chi connectivity index (χ0v) is 17.2. The fourth-order valence-corrected chi connectivity index (χ4v) is 4.41. The van der Waals surface area contributed by atoms with Crippen LogP contribution >= 0.6 is 23.4 Å². The van der Waals surface area contributed by atoms with Crippen LogP contribution in [0.25, 0.3) is 11.3 Å². The van der Waals surface area contributed by atoms with Crippen molar-refractivity contribution in [3.63, 3.8) is 0 Å². The Morgan fingerprint density at radius 2 is 1.96 bits per heavy atom. The van der Waals surface area contributed by atoms with Crippen molar-refractivity contribution in [1.82, 2.24) is 9.97 Å². The highest BCUT2D eigenvalue weighted by Gasteiger charge is 2.23. The summed E-state index contributed by atoms with van der Waals surface area (Å²) in [6.07, 6.45) is 2.32. The minimum absolute atomic E-state index is 0.102. The maximum atomic E-state index is 13.6. The highest BCUT2D eigenvalue weighted by Crippen LogP contribution is 2.32. The van der Waals surface area contributed by atoms with Crippen LogP contribution in [0.1, 0.15) is 25.3 Å². The monoisotopic (exact) mass is 413 g/mol. The van der Waals surface area contributed by atoms with Crippen molar-refractivity contribution in [2.24, 2.45) is 0 Å². The molecule has 0 saturated carbocycles. The molecule has 0 N–H and O–H groups in total. The van der Waals surface area contributed by atoms with E-state index in [1.807, 2.05) is 24.3 Å². The normalized spacial score (nSPS) is 16.5. The molecule has 2 heterocycles. The molecule has 3 nitrogen and oxygen atoms in total. The molecule has 1 aliphatic rings. The van der Waals surface area contributed by atoms with Gasteiger partial charge >= 0.3 is 0 Å². The van der Waals surface area contributed by atoms with E-state index >= 15 is 0 Å². The second kappa shape index (κ2) is 8.50. The summed E-state index contributed by atoms with van der Waals surface area (Å²) in [5, 5.41) is 0.821. The molecule has 3 aromatic rings. The van der Waals surface area contributed by atoms with Gasteiger partial charge in [0.1, 0.15) is 11.6 Å². The first-order chi connectivity index (χ1) is 13.6. The quantitative estimate of drug-likeness (QED) is 0.367. The molecule has 1 aromatic heterocycles. The number of thioether (sulfide) groups is 1. The summed E-state index contributed by atoms with van der Waals surface area (Å²) in [6.45, 7) is 3.21. The fourth-order valence-electron chi connectivity index (χ4n) is 3.42. The third-order valence-electron chi connectivity index (χ3n) is 4.97. The zero-order chi connectivity index (χ0) is 19.5. The molecule has 1 unspecified atom stereocenters. The number of rotatable bonds is 5. The minimum atomic E-state index is -0.425. The lowest BCUT2D eigenvalue weighted by molar-refractivity contribution is 0.628. The van der Waals surface area contributed by atoms with Crippen molar-refractivity contribution in [2.75, 3.05) is 11.4 Å². The minimum Gasteiger partial charge on any atom is -0.354 e. The summed E-state index contributed by atoms with van der Waals surface area (Å²) in [5.74, 6) is 1.29. The number of aromatic nitrogens is 2. The Morgan fingerprint density at radius 3 is 2.68 bits per heavy atom. The van der Waals surface area contributed by atoms with E-state index in [2.05, 4.69) is 24.0 Å². The van der Waals surface area contributed by atoms with E-state index in [1.165, 1.54) is 11.6 Å². The Kier molecular flexibility index (Phi) is 5.83. The Morgan fingerprint density at radius 1 is 1.14 bits per heavy atom. The molecule has 0 radical (unpaired) electrons. The molecule has 6 heteroatoms. The largest absolute Gasteiger partial charge is 0.354 e. The van der Waals surface area contributed by atoms with Crippen molar-refractivity contribution in [2.45, 2.75) is 36.7 Å². The van der Waals surface area contributed by atoms with Crippen molar-refractivity contribution < 1.29 is 4.39 Å². The van der Waals surface area contributed by atoms with Crippen LogP contribution in [0.15, 0.2) is 59.8 Å². The standard InChI is InChI=1S/C22H21ClFN3S/c1-15-6-5-11-27(15)21-13-20(17-9-10-19(24)18(23)12-17)25-22(26-21)28-14-16-7-3-2-4-8-16/h2-4,7-10,12-13,15H,5-6,11,14H2,1H3. The molecule has 1 saturated heterocycles. The van der Waals surface area contributed by atoms with Gasteiger partial charge in [0, 0.05) is 30.0 Å². The van der Waals surface area contributed by atoms with E-state index < -0.39 is 5.82 Å². The van der Waals surface area contributed by atoms with Gasteiger partial charge in [0.05, 0.1) is 10.7 Å². The summed E-state index contributed by atoms with van der Waals surface area (Å²) in [7, 11) is 0. The SMILES string of the molecule is CC1CCCN1c1cc(-c2ccc(F)c(Cl)c2)nc(SCc2ccccc2)n1. The van der Waals surface area contributed by atoms with Gasteiger partial charge in [-0.05, 0) is 43.5 Å². The maximum absolute atomic E-state index is 13.6. The van der Waals surface area contributed by atoms with E-state index in [4.69, 9.17) is 21.6 Å². The summed E-state index contributed by atoms with van der Waals surface area (Å²) in [4.78, 5) is 11.9. The van der Waals surface area contributed by atoms with Crippen LogP contribution in [-0.2, 0) is 5.75 Å². The first-order valence-corrected chi connectivity index (χ1v) is 10.7. The van der Waals surface area contributed by atoms with Crippen molar-refractivity contribution in [3.05, 3.63) is 71.0 Å². The van der Waals surface area contributed by atoms with Gasteiger partial charge in [-0.2, -0.15) is 0 Å². The zero-order valence-electron chi connectivity index (χ0n) is 15.6. The summed E-state index contributed by atoms with van der Waals surface area (Å²) >= 11 is 7.61. The molecule has 0 spiro atoms. The third-order valence-corrected chi connectivity index (χ3v) is 6.17. The van der Waals surface area contributed by atoms with Crippen LogP contribution in [-0.4, -0.2) is 22.6 Å². The molecular formula is C22H21ClFN3S. The van der Waals surface area contributed by atoms with Gasteiger partial charge in [-0.1, -0.05) is 53.7 Å². The van der Waals surface area contributed by atoms with Gasteiger partial charge in [-0.15, -0.1) is 0 Å². The molecule has 28 heavy (non-hydrogen) atoms. The molecule has 1 aliphatic heterocycles. The van der Waals surface area contributed by atoms with Gasteiger partial charge in [0.15, 0.2) is 5.16 Å². The predicted molar refractivity (Wildman–Crippen MR) is 114 cm³/mol. The van der Waals surface area contributed by atoms with Crippen LogP contribution < -0.4 is 4.90 Å². The van der Waals surface area contributed by atoms with Gasteiger partial charge in [-0.25, -0.2) is 14.4 Å². The van der Waals surface area contributed by atoms with Crippen LogP contribution in [0.2, 0.25) is 5.02 Å². The number of hydrogen-bond donors (Lipinski definition) is 0. The second-order valence-corrected chi connectivity index (χ2v) is 8.33. The Labute approximate surface area is 174 Å². The van der Waals surface area contributed by atoms with Crippen LogP contribution in [0.4, 0.5) is 10.2 Å². The highest BCUT2D eigenvalue weighted by atomic mass is 35.5. The molecule has 0 amide bonds. The number of nitrogens with zero attached hydrogens (tertiary/aromatic N) is 3. The second-order valence-electron chi connectivity index (χ2n) is 6.98. The van der Waals surface area contributed by atoms with Gasteiger partial charge in [0.2, 0.25) is 0 Å². The van der Waals surface area contributed by atoms with E-state index in [1.54, 1.807) is 23.9 Å². The fraction of sp³-hybridized carbons (Fsp3) is 0.273. The van der Waals surface area contributed by atoms with Crippen molar-refractivity contribution >= 4 is 29.2 Å². The average molecular weight is 414 g/mol. The number of benzene rings is 2. The highest BCUT2D eigenvalue weighted by molar-refractivity contribution is 7.98. The molecule has 1 atom stereocenters. The Hall–Kier alpha value is -2.11. The Bertz CT molecular complexity index is 967. The number of hydrogen-bond acceptors (Lipinski definition) is 4. The molecule has 144 valence electrons. The van der Waals surface area contributed by atoms with Crippen LogP contribution in [0, 0.1) is 5.82 Å². The third kappa shape index (κ3) is 4.31. The van der Waals surface area contributed by atoms with Gasteiger partial charge in [0.25, 0.3) is 0 Å². The molecular weight excluding hydrogens is 393 g/mol. The van der Waals surface area contributed by atoms with Gasteiger partial charge < -0.3 is 4.90 Å². The van der Waals surface area contributed by atoms with E-state index in [9.17, 15) is 4.39 Å². The maximum Gasteiger partial charge on any atom is 0.190 e. The van der Waals surface area contributed by atoms with Gasteiger partial charge in [-0.3, -0.25) is 0 Å². The lowest BCUT2D eigenvalue weighted by Crippen LogP contribution is -2.27. The van der Waals surface area contributed by atoms with E-state index in [0.29, 0.717) is 6.04 Å². The van der Waals surface area contributed by atoms with Crippen LogP contribution in [0.3, 0.4) is 0 Å². The topological polar surface area (TPSA) is 29.0 Å². The molecule has 0 aliphatic carbocycles. The first kappa shape index (κ1) is 19.2. The molecule has 0 bridgehead atoms. The smallest absolute Gasteiger partial charge is 0.190 e. The summed E-state index contributed by atoms with van der Waals surface area (Å²) in [6, 6.07) is 17.4. The summed E-state index contributed by atoms with van der Waals surface area (Å²) in [5.41, 5.74) is 2.78. The number of anilines is 1. The predicted octanol–water partition coefficient (Wildman–Crippen LogP) is 6.22. The lowest BCUT2D eigenvalue weighted by Gasteiger charge is -2.23. The molecule has 1 fully saturated rings. The number of halogens is 2. The lowest BCUT2D eigenvalue weighted by atomic mass is 10.1. The first-order valence-electron chi connectivity index (χ1n) is 9.38.